The molecular formula is C105H110F2N14O27. The smallest absolute Gasteiger partial charge is 0.337 e. The van der Waals surface area contributed by atoms with Crippen molar-refractivity contribution in [3.8, 4) is 57.4 Å². The van der Waals surface area contributed by atoms with Crippen LogP contribution in [0.4, 0.5) is 23.2 Å². The van der Waals surface area contributed by atoms with Gasteiger partial charge in [-0.25, -0.2) is 47.7 Å². The molecule has 43 heteroatoms. The first-order valence-electron chi connectivity index (χ1n) is 46.6. The average Bonchev–Trinajstić information content (AvgIpc) is 1.55. The second-order valence-electron chi connectivity index (χ2n) is 40.9. The Morgan fingerprint density at radius 2 is 0.966 bits per heavy atom. The van der Waals surface area contributed by atoms with Gasteiger partial charge in [0, 0.05) is 99.1 Å². The van der Waals surface area contributed by atoms with Gasteiger partial charge in [-0.15, -0.1) is 0 Å². The Balaban J connectivity index is 0.000000183. The highest BCUT2D eigenvalue weighted by Crippen LogP contribution is 2.48. The lowest BCUT2D eigenvalue weighted by molar-refractivity contribution is -0.161. The van der Waals surface area contributed by atoms with E-state index in [1.165, 1.54) is 86.7 Å². The van der Waals surface area contributed by atoms with Gasteiger partial charge in [0.2, 0.25) is 22.5 Å². The molecule has 0 N–H and O–H groups in total. The van der Waals surface area contributed by atoms with Gasteiger partial charge in [-0.2, -0.15) is 5.10 Å². The second kappa shape index (κ2) is 40.6. The van der Waals surface area contributed by atoms with Crippen LogP contribution in [0.3, 0.4) is 0 Å². The first-order chi connectivity index (χ1) is 69.4. The number of hydrogen-bond acceptors (Lipinski definition) is 31. The molecule has 1 unspecified atom stereocenters. The number of methoxy groups -OCH3 is 3. The minimum Gasteiger partial charge on any atom is -0.497 e. The highest BCUT2D eigenvalue weighted by molar-refractivity contribution is 6.16. The fourth-order valence-corrected chi connectivity index (χ4v) is 16.8. The Kier molecular flexibility index (Phi) is 29.4. The number of ether oxygens (including phenoxy) is 9. The summed E-state index contributed by atoms with van der Waals surface area (Å²) in [7, 11) is 5.93. The van der Waals surface area contributed by atoms with Crippen molar-refractivity contribution in [2.24, 2.45) is 34.1 Å². The predicted octanol–water partition coefficient (Wildman–Crippen LogP) is 12.9. The van der Waals surface area contributed by atoms with E-state index in [1.54, 1.807) is 201 Å². The number of nitrogens with zero attached hydrogens (tertiary/aromatic N) is 14. The maximum absolute atomic E-state index is 16.5. The van der Waals surface area contributed by atoms with E-state index in [2.05, 4.69) is 31.9 Å². The number of aromatic nitrogens is 5. The van der Waals surface area contributed by atoms with Gasteiger partial charge >= 0.3 is 53.9 Å². The minimum atomic E-state index is -2.40. The topological polar surface area (TPSA) is 468 Å². The van der Waals surface area contributed by atoms with Crippen LogP contribution in [0.15, 0.2) is 149 Å². The summed E-state index contributed by atoms with van der Waals surface area (Å²) in [6, 6.07) is 26.4. The van der Waals surface area contributed by atoms with E-state index in [9.17, 15) is 76.7 Å². The number of carbonyl (C=O) groups is 16. The number of rotatable bonds is 24. The minimum absolute atomic E-state index is 0.00709. The van der Waals surface area contributed by atoms with E-state index in [4.69, 9.17) is 51.5 Å². The summed E-state index contributed by atoms with van der Waals surface area (Å²) in [4.78, 5) is 238. The van der Waals surface area contributed by atoms with E-state index in [1.807, 2.05) is 0 Å². The molecule has 6 aliphatic heterocycles. The lowest BCUT2D eigenvalue weighted by atomic mass is 9.92. The summed E-state index contributed by atoms with van der Waals surface area (Å²) >= 11 is 0. The Morgan fingerprint density at radius 3 is 1.45 bits per heavy atom. The summed E-state index contributed by atoms with van der Waals surface area (Å²) in [6.07, 6.45) is 5.02. The van der Waals surface area contributed by atoms with Crippen LogP contribution < -0.4 is 18.9 Å². The van der Waals surface area contributed by atoms with Crippen molar-refractivity contribution in [3.63, 3.8) is 0 Å². The van der Waals surface area contributed by atoms with Crippen LogP contribution in [0.2, 0.25) is 0 Å². The maximum atomic E-state index is 16.5. The van der Waals surface area contributed by atoms with Crippen LogP contribution in [0.5, 0.6) is 23.0 Å². The van der Waals surface area contributed by atoms with Crippen LogP contribution in [0.25, 0.3) is 44.7 Å². The summed E-state index contributed by atoms with van der Waals surface area (Å²) < 4.78 is 94.2. The first-order valence-corrected chi connectivity index (χ1v) is 46.6. The van der Waals surface area contributed by atoms with Gasteiger partial charge in [0.15, 0.2) is 61.6 Å². The van der Waals surface area contributed by atoms with Crippen LogP contribution in [0, 0.1) is 50.6 Å². The highest BCUT2D eigenvalue weighted by atomic mass is 19.1. The third kappa shape index (κ3) is 20.7. The predicted molar refractivity (Wildman–Crippen MR) is 517 cm³/mol. The number of carbonyl (C=O) groups excluding carboxylic acids is 16. The molecule has 0 radical (unpaired) electrons. The number of pyridine rings is 3. The third-order valence-corrected chi connectivity index (χ3v) is 24.8. The molecule has 0 bridgehead atoms. The van der Waals surface area contributed by atoms with E-state index in [-0.39, 0.29) is 77.1 Å². The number of esters is 6. The van der Waals surface area contributed by atoms with Crippen molar-refractivity contribution in [2.75, 3.05) is 67.9 Å². The van der Waals surface area contributed by atoms with Gasteiger partial charge in [0.05, 0.1) is 85.5 Å². The Morgan fingerprint density at radius 1 is 0.493 bits per heavy atom. The van der Waals surface area contributed by atoms with Gasteiger partial charge in [0.25, 0.3) is 35.4 Å². The number of hydrogen-bond donors (Lipinski definition) is 0. The second-order valence-corrected chi connectivity index (χ2v) is 40.9. The molecule has 6 aromatic heterocycles. The first kappa shape index (κ1) is 107. The van der Waals surface area contributed by atoms with Gasteiger partial charge in [-0.3, -0.25) is 86.8 Å². The van der Waals surface area contributed by atoms with Crippen LogP contribution >= 0.6 is 0 Å². The SMILES string of the molecule is COc1ccc2c(c1)C(=O)N(C[C@]1(c3cc4ncccc4o3)C(=O)N(C(C)OC(C)=O)C(=O)N1C(C)=O)C2.COc1ccc2c(c1)C(=O)N(C[C@]1(c3cc4ncccc4o3)C(=O)N(COC(=O)C(C)(C)C)C(=O)N1COC(=O)C(C)(C)C)C2.COc1ccc2c(c1F)C(=O)N(C[C@]1(C#Cc3ccc(-c4nc(-c5cnn(C)c5)ccc4OC(=O)C(C)(C)C)c(F)c3)C(=O)N(COC(=O)C(C)(C)C)C(=O)N1COC(=O)C(C)(C)C)C2. The zero-order chi connectivity index (χ0) is 108. The molecule has 12 heterocycles. The number of amides is 13. The van der Waals surface area contributed by atoms with Gasteiger partial charge in [0.1, 0.15) is 45.6 Å². The molecule has 0 aliphatic carbocycles. The Hall–Kier alpha value is -16.8. The molecule has 0 spiro atoms. The number of imide groups is 4. The molecule has 3 saturated heterocycles. The normalized spacial score (nSPS) is 17.9. The molecule has 148 heavy (non-hydrogen) atoms. The Labute approximate surface area is 847 Å². The van der Waals surface area contributed by atoms with E-state index in [0.29, 0.717) is 77.0 Å². The van der Waals surface area contributed by atoms with Crippen molar-refractivity contribution >= 4 is 117 Å². The van der Waals surface area contributed by atoms with Crippen molar-refractivity contribution in [3.05, 3.63) is 202 Å². The zero-order valence-corrected chi connectivity index (χ0v) is 85.5. The number of aryl methyl sites for hydroxylation is 1. The third-order valence-electron chi connectivity index (χ3n) is 24.8. The van der Waals surface area contributed by atoms with Crippen LogP contribution in [-0.4, -0.2) is 244 Å². The van der Waals surface area contributed by atoms with E-state index < -0.39 is 197 Å². The summed E-state index contributed by atoms with van der Waals surface area (Å²) in [5, 5.41) is 4.18. The molecule has 776 valence electrons. The number of furan rings is 2. The largest absolute Gasteiger partial charge is 0.497 e. The number of urea groups is 3. The number of halogens is 2. The van der Waals surface area contributed by atoms with E-state index >= 15 is 8.78 Å². The van der Waals surface area contributed by atoms with Crippen LogP contribution in [-0.2, 0) is 109 Å². The van der Waals surface area contributed by atoms with Crippen molar-refractivity contribution in [1.29, 1.82) is 0 Å². The zero-order valence-electron chi connectivity index (χ0n) is 85.5. The summed E-state index contributed by atoms with van der Waals surface area (Å²) in [5.74, 6) is -4.91. The molecular weight excluding hydrogens is 1930 g/mol. The van der Waals surface area contributed by atoms with Crippen LogP contribution in [0.1, 0.15) is 189 Å². The van der Waals surface area contributed by atoms with Gasteiger partial charge in [-0.05, 0) is 212 Å². The monoisotopic (exact) mass is 2040 g/mol. The molecule has 0 saturated carbocycles. The molecule has 10 aromatic rings. The molecule has 41 nitrogen and oxygen atoms in total. The molecule has 4 aromatic carbocycles. The number of benzene rings is 4. The fourth-order valence-electron chi connectivity index (χ4n) is 16.8. The Bertz CT molecular complexity index is 7140. The molecule has 4 atom stereocenters. The molecule has 16 rings (SSSR count). The molecule has 13 amide bonds. The quantitative estimate of drug-likeness (QED) is 0.0235. The number of fused-ring (bicyclic) bond motifs is 5. The summed E-state index contributed by atoms with van der Waals surface area (Å²) in [6.45, 7) is 23.3. The highest BCUT2D eigenvalue weighted by Gasteiger charge is 2.67. The fraction of sp³-hybridized carbons (Fsp3) is 0.390. The standard InChI is InChI=1S/C47H50F2N6O10.C32H36N4O9.C26H24N4O8/c1-44(2,3)40(58)63-25-54-39(57)47(55(43(54)61)26-64-41(59)45(4,5)6,24-53-23-28-13-16-33(62-11)36(49)35(28)38(53)56)19-18-27-12-14-30(31(48)20-27)37-34(65-42(60)46(7,8)9)17-15-32(51-37)29-21-50-52(10)22-29;1-30(2,3)27(39)43-17-35-26(38)32(24-14-22-23(45-24)9-8-12-33-22,36(29(35)41)18-44-28(40)31(4,5)6)16-34-15-19-10-11-20(42-7)13-21(19)25(34)37;1-14(31)30-25(35)29(15(2)37-16(3)32)24(34)26(30,22-11-20-21(38-22)6-5-9-27-20)13-28-12-17-7-8-18(36-4)10-19(17)23(28)33/h12-17,20-22H,23-26H2,1-11H3;8-14H,15-18H2,1-7H3;5-11,15H,12-13H2,1-4H3/t47-;32-;15?,26-/m100/s1. The van der Waals surface area contributed by atoms with Crippen molar-refractivity contribution < 1.29 is 137 Å². The van der Waals surface area contributed by atoms with Crippen molar-refractivity contribution in [1.82, 2.24) is 68.8 Å². The van der Waals surface area contributed by atoms with E-state index in [0.717, 1.165) is 44.4 Å². The average molecular weight is 2040 g/mol. The maximum Gasteiger partial charge on any atom is 0.337 e. The lowest BCUT2D eigenvalue weighted by Gasteiger charge is -2.36. The van der Waals surface area contributed by atoms with Gasteiger partial charge in [-0.1, -0.05) is 30.0 Å². The molecule has 3 fully saturated rings. The molecule has 6 aliphatic rings. The van der Waals surface area contributed by atoms with Crippen molar-refractivity contribution in [2.45, 2.75) is 167 Å². The van der Waals surface area contributed by atoms with Gasteiger partial charge < -0.3 is 66.2 Å². The summed E-state index contributed by atoms with van der Waals surface area (Å²) in [5.41, 5.74) is -6.98. The lowest BCUT2D eigenvalue weighted by Crippen LogP contribution is -2.57.